The predicted octanol–water partition coefficient (Wildman–Crippen LogP) is 4.36. The van der Waals surface area contributed by atoms with Gasteiger partial charge in [0.05, 0.1) is 10.6 Å². The highest BCUT2D eigenvalue weighted by Gasteiger charge is 2.35. The highest BCUT2D eigenvalue weighted by Crippen LogP contribution is 2.37. The van der Waals surface area contributed by atoms with Crippen LogP contribution >= 0.6 is 23.1 Å². The molecule has 134 valence electrons. The summed E-state index contributed by atoms with van der Waals surface area (Å²) >= 11 is 2.64. The Morgan fingerprint density at radius 2 is 1.93 bits per heavy atom. The molecule has 1 N–H and O–H groups in total. The Morgan fingerprint density at radius 3 is 2.63 bits per heavy atom. The molecule has 1 amide bonds. The maximum atomic E-state index is 13.1. The number of phenolic OH excluding ortho intramolecular Hbond substituents is 1. The van der Waals surface area contributed by atoms with Crippen LogP contribution in [0.25, 0.3) is 6.08 Å². The summed E-state index contributed by atoms with van der Waals surface area (Å²) in [7, 11) is 0. The van der Waals surface area contributed by atoms with Gasteiger partial charge in [-0.05, 0) is 54.6 Å². The fraction of sp³-hybridized carbons (Fsp3) is 0.0526. The fourth-order valence-electron chi connectivity index (χ4n) is 2.53. The van der Waals surface area contributed by atoms with Crippen molar-refractivity contribution in [3.8, 4) is 5.75 Å². The van der Waals surface area contributed by atoms with Crippen LogP contribution in [0.3, 0.4) is 0 Å². The average Bonchev–Trinajstić information content (AvgIpc) is 3.19. The Labute approximate surface area is 163 Å². The number of amidine groups is 1. The van der Waals surface area contributed by atoms with Gasteiger partial charge < -0.3 is 5.11 Å². The van der Waals surface area contributed by atoms with E-state index in [4.69, 9.17) is 0 Å². The van der Waals surface area contributed by atoms with Crippen molar-refractivity contribution >= 4 is 51.1 Å². The molecular formula is C19H14N4O2S2. The lowest BCUT2D eigenvalue weighted by molar-refractivity contribution is -0.113. The van der Waals surface area contributed by atoms with Crippen molar-refractivity contribution < 1.29 is 9.90 Å². The molecule has 4 rings (SSSR count). The van der Waals surface area contributed by atoms with Crippen LogP contribution in [0.15, 0.2) is 64.5 Å². The van der Waals surface area contributed by atoms with Crippen molar-refractivity contribution in [2.75, 3.05) is 4.90 Å². The first-order chi connectivity index (χ1) is 13.1. The van der Waals surface area contributed by atoms with Gasteiger partial charge >= 0.3 is 0 Å². The summed E-state index contributed by atoms with van der Waals surface area (Å²) < 4.78 is 0. The Hall–Kier alpha value is -2.97. The lowest BCUT2D eigenvalue weighted by Gasteiger charge is -2.14. The predicted molar refractivity (Wildman–Crippen MR) is 109 cm³/mol. The van der Waals surface area contributed by atoms with Crippen LogP contribution in [0.2, 0.25) is 0 Å². The number of anilines is 1. The molecule has 0 unspecified atom stereocenters. The first-order valence-corrected chi connectivity index (χ1v) is 9.70. The van der Waals surface area contributed by atoms with Crippen LogP contribution in [0, 0.1) is 6.92 Å². The minimum absolute atomic E-state index is 0.151. The number of thioether (sulfide) groups is 1. The number of nitrogens with zero attached hydrogens (tertiary/aromatic N) is 4. The van der Waals surface area contributed by atoms with E-state index in [1.165, 1.54) is 23.1 Å². The van der Waals surface area contributed by atoms with Gasteiger partial charge in [-0.25, -0.2) is 0 Å². The maximum Gasteiger partial charge on any atom is 0.271 e. The topological polar surface area (TPSA) is 78.7 Å². The SMILES string of the molecule is Cc1nnc(/N=C2/S/C(=C\c3cccc(O)c3)C(=O)N2c2ccccc2)s1. The van der Waals surface area contributed by atoms with E-state index in [9.17, 15) is 9.90 Å². The number of carbonyl (C=O) groups is 1. The highest BCUT2D eigenvalue weighted by molar-refractivity contribution is 8.19. The van der Waals surface area contributed by atoms with E-state index in [1.807, 2.05) is 43.3 Å². The third kappa shape index (κ3) is 3.76. The number of para-hydroxylation sites is 1. The molecule has 2 heterocycles. The van der Waals surface area contributed by atoms with Gasteiger partial charge in [0.15, 0.2) is 5.17 Å². The summed E-state index contributed by atoms with van der Waals surface area (Å²) in [6.07, 6.45) is 1.75. The van der Waals surface area contributed by atoms with E-state index >= 15 is 0 Å². The molecule has 1 aliphatic rings. The lowest BCUT2D eigenvalue weighted by Crippen LogP contribution is -2.28. The monoisotopic (exact) mass is 394 g/mol. The van der Waals surface area contributed by atoms with E-state index in [0.29, 0.717) is 15.2 Å². The molecule has 1 aliphatic heterocycles. The zero-order valence-corrected chi connectivity index (χ0v) is 15.9. The Bertz CT molecular complexity index is 1060. The van der Waals surface area contributed by atoms with Crippen LogP contribution in [-0.2, 0) is 4.79 Å². The smallest absolute Gasteiger partial charge is 0.271 e. The number of amides is 1. The second-order valence-electron chi connectivity index (χ2n) is 5.68. The molecule has 0 saturated carbocycles. The molecule has 27 heavy (non-hydrogen) atoms. The molecule has 0 aliphatic carbocycles. The number of aromatic hydroxyl groups is 1. The summed E-state index contributed by atoms with van der Waals surface area (Å²) in [6, 6.07) is 16.1. The third-order valence-corrected chi connectivity index (χ3v) is 5.40. The molecular weight excluding hydrogens is 380 g/mol. The van der Waals surface area contributed by atoms with E-state index in [2.05, 4.69) is 15.2 Å². The highest BCUT2D eigenvalue weighted by atomic mass is 32.2. The molecule has 0 bridgehead atoms. The molecule has 0 atom stereocenters. The van der Waals surface area contributed by atoms with Gasteiger partial charge in [0, 0.05) is 0 Å². The van der Waals surface area contributed by atoms with Crippen LogP contribution in [-0.4, -0.2) is 26.4 Å². The largest absolute Gasteiger partial charge is 0.508 e. The summed E-state index contributed by atoms with van der Waals surface area (Å²) in [4.78, 5) is 19.7. The summed E-state index contributed by atoms with van der Waals surface area (Å²) in [6.45, 7) is 1.86. The number of phenols is 1. The number of aryl methyl sites for hydroxylation is 1. The Morgan fingerprint density at radius 1 is 1.11 bits per heavy atom. The van der Waals surface area contributed by atoms with E-state index in [1.54, 1.807) is 29.2 Å². The first-order valence-electron chi connectivity index (χ1n) is 8.07. The second kappa shape index (κ2) is 7.34. The van der Waals surface area contributed by atoms with Crippen molar-refractivity contribution in [2.45, 2.75) is 6.92 Å². The van der Waals surface area contributed by atoms with Crippen LogP contribution in [0.1, 0.15) is 10.6 Å². The molecule has 2 aromatic carbocycles. The first kappa shape index (κ1) is 17.4. The molecule has 8 heteroatoms. The van der Waals surface area contributed by atoms with Crippen LogP contribution in [0.5, 0.6) is 5.75 Å². The summed E-state index contributed by atoms with van der Waals surface area (Å²) in [5, 5.41) is 19.5. The van der Waals surface area contributed by atoms with Crippen molar-refractivity contribution in [3.63, 3.8) is 0 Å². The van der Waals surface area contributed by atoms with Crippen LogP contribution in [0.4, 0.5) is 10.8 Å². The van der Waals surface area contributed by atoms with Crippen molar-refractivity contribution in [3.05, 3.63) is 70.1 Å². The normalized spacial score (nSPS) is 17.2. The quantitative estimate of drug-likeness (QED) is 0.668. The van der Waals surface area contributed by atoms with E-state index in [-0.39, 0.29) is 11.7 Å². The lowest BCUT2D eigenvalue weighted by atomic mass is 10.2. The van der Waals surface area contributed by atoms with E-state index in [0.717, 1.165) is 16.3 Å². The van der Waals surface area contributed by atoms with Crippen molar-refractivity contribution in [1.82, 2.24) is 10.2 Å². The van der Waals surface area contributed by atoms with Gasteiger partial charge in [-0.3, -0.25) is 9.69 Å². The molecule has 1 saturated heterocycles. The van der Waals surface area contributed by atoms with Crippen molar-refractivity contribution in [1.29, 1.82) is 0 Å². The van der Waals surface area contributed by atoms with Gasteiger partial charge in [-0.15, -0.1) is 10.2 Å². The Kier molecular flexibility index (Phi) is 4.74. The average molecular weight is 394 g/mol. The molecule has 6 nitrogen and oxygen atoms in total. The van der Waals surface area contributed by atoms with Gasteiger partial charge in [0.25, 0.3) is 5.91 Å². The van der Waals surface area contributed by atoms with Crippen LogP contribution < -0.4 is 4.90 Å². The molecule has 1 fully saturated rings. The van der Waals surface area contributed by atoms with Gasteiger partial charge in [0.2, 0.25) is 5.13 Å². The van der Waals surface area contributed by atoms with Gasteiger partial charge in [-0.1, -0.05) is 41.7 Å². The zero-order valence-electron chi connectivity index (χ0n) is 14.2. The number of rotatable bonds is 3. The minimum atomic E-state index is -0.172. The molecule has 0 radical (unpaired) electrons. The van der Waals surface area contributed by atoms with E-state index < -0.39 is 0 Å². The van der Waals surface area contributed by atoms with Crippen molar-refractivity contribution in [2.24, 2.45) is 4.99 Å². The van der Waals surface area contributed by atoms with Gasteiger partial charge in [-0.2, -0.15) is 4.99 Å². The maximum absolute atomic E-state index is 13.1. The summed E-state index contributed by atoms with van der Waals surface area (Å²) in [5.41, 5.74) is 1.47. The Balaban J connectivity index is 1.77. The summed E-state index contributed by atoms with van der Waals surface area (Å²) in [5.74, 6) is -0.0209. The standard InChI is InChI=1S/C19H14N4O2S2/c1-12-21-22-18(26-12)20-19-23(14-7-3-2-4-8-14)17(25)16(27-19)11-13-6-5-9-15(24)10-13/h2-11,24H,1H3/b16-11-,20-19+. The second-order valence-corrected chi connectivity index (χ2v) is 7.85. The number of hydrogen-bond donors (Lipinski definition) is 1. The van der Waals surface area contributed by atoms with Gasteiger partial charge in [0.1, 0.15) is 10.8 Å². The number of aliphatic imine (C=N–C) groups is 1. The number of hydrogen-bond acceptors (Lipinski definition) is 7. The number of benzene rings is 2. The number of carbonyl (C=O) groups excluding carboxylic acids is 1. The number of aromatic nitrogens is 2. The molecule has 3 aromatic rings. The fourth-order valence-corrected chi connectivity index (χ4v) is 4.13. The zero-order chi connectivity index (χ0) is 18.8. The minimum Gasteiger partial charge on any atom is -0.508 e. The molecule has 1 aromatic heterocycles. The third-order valence-electron chi connectivity index (χ3n) is 3.70. The molecule has 0 spiro atoms.